The first-order chi connectivity index (χ1) is 9.04. The molecule has 0 aliphatic rings. The summed E-state index contributed by atoms with van der Waals surface area (Å²) in [7, 11) is 0. The first-order valence-electron chi connectivity index (χ1n) is 5.45. The van der Waals surface area contributed by atoms with E-state index in [1.165, 1.54) is 0 Å². The highest BCUT2D eigenvalue weighted by atomic mass is 127. The Hall–Kier alpha value is -1.70. The molecule has 1 heterocycles. The zero-order chi connectivity index (χ0) is 13.6. The van der Waals surface area contributed by atoms with Gasteiger partial charge in [-0.3, -0.25) is 0 Å². The summed E-state index contributed by atoms with van der Waals surface area (Å²) >= 11 is 2.16. The topological polar surface area (TPSA) is 54.7 Å². The van der Waals surface area contributed by atoms with Crippen LogP contribution in [-0.2, 0) is 0 Å². The molecule has 19 heavy (non-hydrogen) atoms. The SMILES string of the molecule is Nc1ccc(I)cc1-c1nc2cc(F)c(F)cc2[nH]1. The maximum absolute atomic E-state index is 13.2. The number of H-pyrrole nitrogens is 1. The summed E-state index contributed by atoms with van der Waals surface area (Å²) in [6.45, 7) is 0. The fourth-order valence-electron chi connectivity index (χ4n) is 1.87. The Balaban J connectivity index is 2.23. The van der Waals surface area contributed by atoms with Crippen LogP contribution in [0.4, 0.5) is 14.5 Å². The number of aromatic amines is 1. The summed E-state index contributed by atoms with van der Waals surface area (Å²) in [6.07, 6.45) is 0. The number of nitrogens with zero attached hydrogens (tertiary/aromatic N) is 1. The Morgan fingerprint density at radius 2 is 1.84 bits per heavy atom. The third kappa shape index (κ3) is 2.16. The highest BCUT2D eigenvalue weighted by Gasteiger charge is 2.12. The standard InChI is InChI=1S/C13H8F2IN3/c14-8-4-11-12(5-9(8)15)19-13(18-11)7-3-6(16)1-2-10(7)17/h1-5H,17H2,(H,18,19). The van der Waals surface area contributed by atoms with Gasteiger partial charge in [-0.2, -0.15) is 0 Å². The van der Waals surface area contributed by atoms with Crippen LogP contribution in [0.5, 0.6) is 0 Å². The van der Waals surface area contributed by atoms with E-state index in [9.17, 15) is 8.78 Å². The largest absolute Gasteiger partial charge is 0.398 e. The third-order valence-corrected chi connectivity index (χ3v) is 3.47. The normalized spacial score (nSPS) is 11.1. The van der Waals surface area contributed by atoms with E-state index < -0.39 is 11.6 Å². The van der Waals surface area contributed by atoms with Gasteiger partial charge in [-0.15, -0.1) is 0 Å². The quantitative estimate of drug-likeness (QED) is 0.506. The molecule has 0 bridgehead atoms. The number of benzene rings is 2. The van der Waals surface area contributed by atoms with Gasteiger partial charge >= 0.3 is 0 Å². The minimum absolute atomic E-state index is 0.368. The Morgan fingerprint density at radius 3 is 2.63 bits per heavy atom. The average molecular weight is 371 g/mol. The predicted molar refractivity (Wildman–Crippen MR) is 78.6 cm³/mol. The van der Waals surface area contributed by atoms with Crippen molar-refractivity contribution in [2.45, 2.75) is 0 Å². The van der Waals surface area contributed by atoms with Crippen LogP contribution in [0, 0.1) is 15.2 Å². The van der Waals surface area contributed by atoms with Crippen LogP contribution in [0.15, 0.2) is 30.3 Å². The van der Waals surface area contributed by atoms with Crippen LogP contribution >= 0.6 is 22.6 Å². The van der Waals surface area contributed by atoms with E-state index in [1.54, 1.807) is 6.07 Å². The summed E-state index contributed by atoms with van der Waals surface area (Å²) in [5.41, 5.74) is 7.96. The van der Waals surface area contributed by atoms with Crippen LogP contribution in [0.25, 0.3) is 22.4 Å². The van der Waals surface area contributed by atoms with Crippen molar-refractivity contribution < 1.29 is 8.78 Å². The fraction of sp³-hybridized carbons (Fsp3) is 0. The number of anilines is 1. The Morgan fingerprint density at radius 1 is 1.11 bits per heavy atom. The second-order valence-electron chi connectivity index (χ2n) is 4.10. The van der Waals surface area contributed by atoms with Crippen LogP contribution < -0.4 is 5.73 Å². The van der Waals surface area contributed by atoms with Crippen molar-refractivity contribution in [3.8, 4) is 11.4 Å². The zero-order valence-corrected chi connectivity index (χ0v) is 11.7. The van der Waals surface area contributed by atoms with Crippen molar-refractivity contribution in [2.24, 2.45) is 0 Å². The predicted octanol–water partition coefficient (Wildman–Crippen LogP) is 3.69. The molecule has 0 saturated carbocycles. The van der Waals surface area contributed by atoms with E-state index in [0.29, 0.717) is 28.1 Å². The molecule has 6 heteroatoms. The molecule has 0 saturated heterocycles. The third-order valence-electron chi connectivity index (χ3n) is 2.79. The second-order valence-corrected chi connectivity index (χ2v) is 5.35. The number of hydrogen-bond donors (Lipinski definition) is 2. The van der Waals surface area contributed by atoms with Gasteiger partial charge < -0.3 is 10.7 Å². The van der Waals surface area contributed by atoms with Crippen molar-refractivity contribution in [1.29, 1.82) is 0 Å². The second kappa shape index (κ2) is 4.44. The Kier molecular flexibility index (Phi) is 2.89. The molecular formula is C13H8F2IN3. The summed E-state index contributed by atoms with van der Waals surface area (Å²) in [6, 6.07) is 7.66. The maximum atomic E-state index is 13.2. The zero-order valence-electron chi connectivity index (χ0n) is 9.55. The van der Waals surface area contributed by atoms with Crippen molar-refractivity contribution in [1.82, 2.24) is 9.97 Å². The number of rotatable bonds is 1. The number of nitrogens with one attached hydrogen (secondary N) is 1. The smallest absolute Gasteiger partial charge is 0.161 e. The van der Waals surface area contributed by atoms with Gasteiger partial charge in [-0.1, -0.05) is 0 Å². The van der Waals surface area contributed by atoms with Gasteiger partial charge in [0.15, 0.2) is 11.6 Å². The molecule has 1 aromatic heterocycles. The van der Waals surface area contributed by atoms with Gasteiger partial charge in [0.25, 0.3) is 0 Å². The number of hydrogen-bond acceptors (Lipinski definition) is 2. The summed E-state index contributed by atoms with van der Waals surface area (Å²) < 4.78 is 27.3. The molecule has 0 aliphatic heterocycles. The Labute approximate surface area is 121 Å². The molecule has 0 amide bonds. The van der Waals surface area contributed by atoms with E-state index >= 15 is 0 Å². The highest BCUT2D eigenvalue weighted by molar-refractivity contribution is 14.1. The summed E-state index contributed by atoms with van der Waals surface area (Å²) in [5, 5.41) is 0. The maximum Gasteiger partial charge on any atom is 0.161 e. The lowest BCUT2D eigenvalue weighted by atomic mass is 10.2. The van der Waals surface area contributed by atoms with Crippen LogP contribution in [0.2, 0.25) is 0 Å². The molecule has 3 aromatic rings. The molecule has 3 nitrogen and oxygen atoms in total. The van der Waals surface area contributed by atoms with E-state index in [1.807, 2.05) is 12.1 Å². The molecule has 0 radical (unpaired) electrons. The van der Waals surface area contributed by atoms with Crippen LogP contribution in [0.3, 0.4) is 0 Å². The van der Waals surface area contributed by atoms with Crippen molar-refractivity contribution >= 4 is 39.3 Å². The van der Waals surface area contributed by atoms with Gasteiger partial charge in [-0.25, -0.2) is 13.8 Å². The molecule has 0 unspecified atom stereocenters. The van der Waals surface area contributed by atoms with E-state index in [0.717, 1.165) is 15.7 Å². The van der Waals surface area contributed by atoms with Crippen LogP contribution in [-0.4, -0.2) is 9.97 Å². The molecule has 96 valence electrons. The van der Waals surface area contributed by atoms with Gasteiger partial charge in [0.05, 0.1) is 11.0 Å². The van der Waals surface area contributed by atoms with Crippen molar-refractivity contribution in [2.75, 3.05) is 5.73 Å². The number of nitrogens with two attached hydrogens (primary N) is 1. The first kappa shape index (κ1) is 12.3. The lowest BCUT2D eigenvalue weighted by Crippen LogP contribution is -1.91. The average Bonchev–Trinajstić information content (AvgIpc) is 2.75. The molecule has 0 spiro atoms. The van der Waals surface area contributed by atoms with Gasteiger partial charge in [0.2, 0.25) is 0 Å². The van der Waals surface area contributed by atoms with Gasteiger partial charge in [0, 0.05) is 27.0 Å². The lowest BCUT2D eigenvalue weighted by Gasteiger charge is -2.02. The Bertz CT molecular complexity index is 744. The van der Waals surface area contributed by atoms with E-state index in [2.05, 4.69) is 32.6 Å². The van der Waals surface area contributed by atoms with Gasteiger partial charge in [-0.05, 0) is 40.8 Å². The van der Waals surface area contributed by atoms with Crippen molar-refractivity contribution in [3.05, 3.63) is 45.5 Å². The van der Waals surface area contributed by atoms with Crippen molar-refractivity contribution in [3.63, 3.8) is 0 Å². The number of fused-ring (bicyclic) bond motifs is 1. The highest BCUT2D eigenvalue weighted by Crippen LogP contribution is 2.28. The van der Waals surface area contributed by atoms with E-state index in [4.69, 9.17) is 5.73 Å². The fourth-order valence-corrected chi connectivity index (χ4v) is 2.36. The molecule has 2 aromatic carbocycles. The lowest BCUT2D eigenvalue weighted by molar-refractivity contribution is 0.510. The minimum atomic E-state index is -0.916. The summed E-state index contributed by atoms with van der Waals surface area (Å²) in [5.74, 6) is -1.32. The first-order valence-corrected chi connectivity index (χ1v) is 6.52. The molecule has 3 rings (SSSR count). The number of nitrogen functional groups attached to an aromatic ring is 1. The molecular weight excluding hydrogens is 363 g/mol. The molecule has 0 fully saturated rings. The monoisotopic (exact) mass is 371 g/mol. The van der Waals surface area contributed by atoms with Gasteiger partial charge in [0.1, 0.15) is 5.82 Å². The summed E-state index contributed by atoms with van der Waals surface area (Å²) in [4.78, 5) is 7.19. The van der Waals surface area contributed by atoms with E-state index in [-0.39, 0.29) is 0 Å². The number of aromatic nitrogens is 2. The molecule has 0 atom stereocenters. The minimum Gasteiger partial charge on any atom is -0.398 e. The number of halogens is 3. The number of imidazole rings is 1. The molecule has 3 N–H and O–H groups in total. The molecule has 0 aliphatic carbocycles. The van der Waals surface area contributed by atoms with Crippen LogP contribution in [0.1, 0.15) is 0 Å².